The molecule has 0 spiro atoms. The van der Waals surface area contributed by atoms with Crippen molar-refractivity contribution < 1.29 is 4.74 Å². The van der Waals surface area contributed by atoms with Crippen molar-refractivity contribution in [2.75, 3.05) is 32.1 Å². The largest absolute Gasteiger partial charge is 0.380 e. The molecule has 0 aromatic heterocycles. The molecular formula is C22H24BrN3O. The van der Waals surface area contributed by atoms with Crippen LogP contribution in [-0.4, -0.2) is 44.0 Å². The van der Waals surface area contributed by atoms with Crippen molar-refractivity contribution in [2.24, 2.45) is 4.99 Å². The van der Waals surface area contributed by atoms with Gasteiger partial charge in [0, 0.05) is 49.3 Å². The third kappa shape index (κ3) is 4.49. The van der Waals surface area contributed by atoms with Gasteiger partial charge in [-0.1, -0.05) is 34.1 Å². The predicted octanol–water partition coefficient (Wildman–Crippen LogP) is 4.56. The van der Waals surface area contributed by atoms with Gasteiger partial charge in [-0.3, -0.25) is 9.89 Å². The normalized spacial score (nSPS) is 20.8. The van der Waals surface area contributed by atoms with E-state index >= 15 is 0 Å². The van der Waals surface area contributed by atoms with Crippen molar-refractivity contribution in [3.63, 3.8) is 0 Å². The Bertz CT molecular complexity index is 860. The molecule has 2 aliphatic heterocycles. The van der Waals surface area contributed by atoms with Gasteiger partial charge in [-0.2, -0.15) is 0 Å². The second kappa shape index (κ2) is 8.38. The van der Waals surface area contributed by atoms with E-state index in [0.717, 1.165) is 41.8 Å². The van der Waals surface area contributed by atoms with Gasteiger partial charge in [-0.15, -0.1) is 0 Å². The second-order valence-corrected chi connectivity index (χ2v) is 8.01. The lowest BCUT2D eigenvalue weighted by Gasteiger charge is -2.16. The molecule has 5 heteroatoms. The number of halogens is 1. The van der Waals surface area contributed by atoms with Crippen LogP contribution in [0.4, 0.5) is 5.69 Å². The number of anilines is 1. The summed E-state index contributed by atoms with van der Waals surface area (Å²) >= 11 is 3.56. The smallest absolute Gasteiger partial charge is 0.0710 e. The van der Waals surface area contributed by atoms with Gasteiger partial charge >= 0.3 is 0 Å². The third-order valence-corrected chi connectivity index (χ3v) is 5.68. The van der Waals surface area contributed by atoms with Crippen molar-refractivity contribution >= 4 is 33.4 Å². The van der Waals surface area contributed by atoms with Crippen LogP contribution in [0.3, 0.4) is 0 Å². The first-order valence-corrected chi connectivity index (χ1v) is 10.1. The predicted molar refractivity (Wildman–Crippen MR) is 115 cm³/mol. The number of benzene rings is 2. The van der Waals surface area contributed by atoms with E-state index in [1.807, 2.05) is 6.21 Å². The molecule has 0 radical (unpaired) electrons. The van der Waals surface area contributed by atoms with E-state index in [-0.39, 0.29) is 0 Å². The lowest BCUT2D eigenvalue weighted by atomic mass is 9.99. The standard InChI is InChI=1S/C22H24BrN3O/c1-27-21-8-9-26(15-21)14-16-2-6-20(7-3-16)25-13-18-12-24-11-17-4-5-19(23)10-22(17)18/h2-7,10-11,13,21,25H,8-9,12,14-15H2,1H3/b18-13+/t21-/m1/s1. The lowest BCUT2D eigenvalue weighted by molar-refractivity contribution is 0.107. The number of rotatable bonds is 5. The van der Waals surface area contributed by atoms with Crippen molar-refractivity contribution in [3.05, 3.63) is 69.8 Å². The van der Waals surface area contributed by atoms with E-state index in [1.165, 1.54) is 16.7 Å². The number of hydrogen-bond donors (Lipinski definition) is 1. The third-order valence-electron chi connectivity index (χ3n) is 5.19. The fourth-order valence-corrected chi connectivity index (χ4v) is 4.00. The van der Waals surface area contributed by atoms with Gasteiger partial charge in [0.05, 0.1) is 12.6 Å². The molecular weight excluding hydrogens is 402 g/mol. The van der Waals surface area contributed by atoms with E-state index in [0.29, 0.717) is 12.6 Å². The summed E-state index contributed by atoms with van der Waals surface area (Å²) in [6.45, 7) is 3.82. The van der Waals surface area contributed by atoms with Gasteiger partial charge in [0.25, 0.3) is 0 Å². The number of nitrogens with zero attached hydrogens (tertiary/aromatic N) is 2. The average molecular weight is 426 g/mol. The average Bonchev–Trinajstić information content (AvgIpc) is 3.15. The minimum atomic E-state index is 0.388. The molecule has 0 amide bonds. The molecule has 1 saturated heterocycles. The highest BCUT2D eigenvalue weighted by atomic mass is 79.9. The van der Waals surface area contributed by atoms with Crippen molar-refractivity contribution in [2.45, 2.75) is 19.1 Å². The SMILES string of the molecule is CO[C@@H]1CCN(Cc2ccc(N/C=C3\CN=Cc4ccc(Br)cc43)cc2)C1. The topological polar surface area (TPSA) is 36.9 Å². The highest BCUT2D eigenvalue weighted by Gasteiger charge is 2.21. The van der Waals surface area contributed by atoms with Crippen LogP contribution in [0.25, 0.3) is 5.57 Å². The summed E-state index contributed by atoms with van der Waals surface area (Å²) in [5.41, 5.74) is 6.01. The maximum Gasteiger partial charge on any atom is 0.0710 e. The molecule has 1 atom stereocenters. The molecule has 27 heavy (non-hydrogen) atoms. The quantitative estimate of drug-likeness (QED) is 0.762. The second-order valence-electron chi connectivity index (χ2n) is 7.09. The summed E-state index contributed by atoms with van der Waals surface area (Å²) < 4.78 is 6.54. The minimum absolute atomic E-state index is 0.388. The van der Waals surface area contributed by atoms with Gasteiger partial charge in [0.2, 0.25) is 0 Å². The van der Waals surface area contributed by atoms with Crippen LogP contribution in [0, 0.1) is 0 Å². The van der Waals surface area contributed by atoms with E-state index in [9.17, 15) is 0 Å². The lowest BCUT2D eigenvalue weighted by Crippen LogP contribution is -2.22. The van der Waals surface area contributed by atoms with Crippen molar-refractivity contribution in [1.29, 1.82) is 0 Å². The molecule has 0 bridgehead atoms. The molecule has 2 aromatic rings. The van der Waals surface area contributed by atoms with Gasteiger partial charge < -0.3 is 10.1 Å². The number of methoxy groups -OCH3 is 1. The van der Waals surface area contributed by atoms with E-state index in [2.05, 4.69) is 79.8 Å². The Hall–Kier alpha value is -1.95. The zero-order chi connectivity index (χ0) is 18.6. The van der Waals surface area contributed by atoms with Crippen LogP contribution >= 0.6 is 15.9 Å². The summed E-state index contributed by atoms with van der Waals surface area (Å²) in [5, 5.41) is 3.43. The molecule has 140 valence electrons. The number of hydrogen-bond acceptors (Lipinski definition) is 4. The summed E-state index contributed by atoms with van der Waals surface area (Å²) in [6, 6.07) is 15.0. The van der Waals surface area contributed by atoms with Crippen LogP contribution < -0.4 is 5.32 Å². The summed E-state index contributed by atoms with van der Waals surface area (Å²) in [6.07, 6.45) is 5.53. The first-order chi connectivity index (χ1) is 13.2. The molecule has 2 aromatic carbocycles. The molecule has 1 fully saturated rings. The Balaban J connectivity index is 1.40. The zero-order valence-electron chi connectivity index (χ0n) is 15.5. The van der Waals surface area contributed by atoms with E-state index in [1.54, 1.807) is 7.11 Å². The van der Waals surface area contributed by atoms with E-state index < -0.39 is 0 Å². The van der Waals surface area contributed by atoms with Crippen LogP contribution in [-0.2, 0) is 11.3 Å². The molecule has 1 N–H and O–H groups in total. The number of likely N-dealkylation sites (tertiary alicyclic amines) is 1. The fourth-order valence-electron chi connectivity index (χ4n) is 3.64. The molecule has 4 nitrogen and oxygen atoms in total. The van der Waals surface area contributed by atoms with Crippen LogP contribution in [0.15, 0.2) is 58.1 Å². The van der Waals surface area contributed by atoms with Gasteiger partial charge in [0.15, 0.2) is 0 Å². The molecule has 2 aliphatic rings. The van der Waals surface area contributed by atoms with Crippen LogP contribution in [0.1, 0.15) is 23.1 Å². The molecule has 0 saturated carbocycles. The van der Waals surface area contributed by atoms with Gasteiger partial charge in [0.1, 0.15) is 0 Å². The number of fused-ring (bicyclic) bond motifs is 1. The Labute approximate surface area is 169 Å². The Morgan fingerprint density at radius 1 is 1.26 bits per heavy atom. The van der Waals surface area contributed by atoms with Crippen LogP contribution in [0.2, 0.25) is 0 Å². The maximum absolute atomic E-state index is 5.45. The van der Waals surface area contributed by atoms with Crippen molar-refractivity contribution in [3.8, 4) is 0 Å². The Morgan fingerprint density at radius 3 is 2.89 bits per heavy atom. The molecule has 2 heterocycles. The highest BCUT2D eigenvalue weighted by molar-refractivity contribution is 9.10. The fraction of sp³-hybridized carbons (Fsp3) is 0.318. The Morgan fingerprint density at radius 2 is 2.11 bits per heavy atom. The van der Waals surface area contributed by atoms with Gasteiger partial charge in [-0.25, -0.2) is 0 Å². The summed E-state index contributed by atoms with van der Waals surface area (Å²) in [4.78, 5) is 6.91. The molecule has 0 aliphatic carbocycles. The van der Waals surface area contributed by atoms with Crippen LogP contribution in [0.5, 0.6) is 0 Å². The van der Waals surface area contributed by atoms with E-state index in [4.69, 9.17) is 4.74 Å². The minimum Gasteiger partial charge on any atom is -0.380 e. The summed E-state index contributed by atoms with van der Waals surface area (Å²) in [5.74, 6) is 0. The number of nitrogens with one attached hydrogen (secondary N) is 1. The molecule has 4 rings (SSSR count). The number of ether oxygens (including phenoxy) is 1. The zero-order valence-corrected chi connectivity index (χ0v) is 17.1. The summed E-state index contributed by atoms with van der Waals surface area (Å²) in [7, 11) is 1.80. The monoisotopic (exact) mass is 425 g/mol. The molecule has 0 unspecified atom stereocenters. The van der Waals surface area contributed by atoms with Crippen molar-refractivity contribution in [1.82, 2.24) is 4.90 Å². The maximum atomic E-state index is 5.45. The number of aliphatic imine (C=N–C) groups is 1. The Kier molecular flexibility index (Phi) is 5.72. The first-order valence-electron chi connectivity index (χ1n) is 9.31. The van der Waals surface area contributed by atoms with Gasteiger partial charge in [-0.05, 0) is 52.9 Å². The highest BCUT2D eigenvalue weighted by Crippen LogP contribution is 2.26. The first kappa shape index (κ1) is 18.4.